The fraction of sp³-hybridized carbons (Fsp3) is 0.219. The minimum absolute atomic E-state index is 0.0358. The third-order valence-electron chi connectivity index (χ3n) is 6.24. The summed E-state index contributed by atoms with van der Waals surface area (Å²) in [6, 6.07) is 28.6. The zero-order chi connectivity index (χ0) is 26.6. The first-order valence-electron chi connectivity index (χ1n) is 12.3. The molecule has 4 rings (SSSR count). The van der Waals surface area contributed by atoms with Crippen molar-refractivity contribution in [3.8, 4) is 28.5 Å². The molecule has 1 heterocycles. The van der Waals surface area contributed by atoms with E-state index in [0.29, 0.717) is 10.6 Å². The number of benzene rings is 3. The van der Waals surface area contributed by atoms with Crippen molar-refractivity contribution in [3.63, 3.8) is 0 Å². The van der Waals surface area contributed by atoms with E-state index in [0.717, 1.165) is 39.2 Å². The SMILES string of the molecule is Cc1ccc(C)c(NC(=O)CSc2nc(-c3ccccc3)cc(-c3ccc(C(C)(C)C)cc3)c2C#N)c1. The van der Waals surface area contributed by atoms with Crippen LogP contribution >= 0.6 is 11.8 Å². The molecule has 1 amide bonds. The lowest BCUT2D eigenvalue weighted by Gasteiger charge is -2.19. The van der Waals surface area contributed by atoms with Crippen molar-refractivity contribution in [1.82, 2.24) is 4.98 Å². The van der Waals surface area contributed by atoms with E-state index < -0.39 is 0 Å². The van der Waals surface area contributed by atoms with Gasteiger partial charge in [0.05, 0.1) is 17.0 Å². The maximum absolute atomic E-state index is 12.8. The zero-order valence-electron chi connectivity index (χ0n) is 21.9. The number of thioether (sulfide) groups is 1. The normalized spacial score (nSPS) is 11.1. The van der Waals surface area contributed by atoms with Gasteiger partial charge < -0.3 is 5.32 Å². The molecular formula is C32H31N3OS. The summed E-state index contributed by atoms with van der Waals surface area (Å²) in [4.78, 5) is 17.7. The lowest BCUT2D eigenvalue weighted by Crippen LogP contribution is -2.15. The Morgan fingerprint density at radius 1 is 0.946 bits per heavy atom. The summed E-state index contributed by atoms with van der Waals surface area (Å²) in [5, 5.41) is 13.7. The second-order valence-electron chi connectivity index (χ2n) is 10.2. The number of anilines is 1. The Morgan fingerprint density at radius 2 is 1.65 bits per heavy atom. The van der Waals surface area contributed by atoms with Crippen LogP contribution in [-0.2, 0) is 10.2 Å². The fourth-order valence-corrected chi connectivity index (χ4v) is 4.86. The molecule has 1 N–H and O–H groups in total. The molecule has 4 nitrogen and oxygen atoms in total. The smallest absolute Gasteiger partial charge is 0.234 e. The highest BCUT2D eigenvalue weighted by atomic mass is 32.2. The number of nitrogens with zero attached hydrogens (tertiary/aromatic N) is 2. The first kappa shape index (κ1) is 26.2. The molecule has 0 radical (unpaired) electrons. The summed E-state index contributed by atoms with van der Waals surface area (Å²) in [5.74, 6) is 0.0148. The van der Waals surface area contributed by atoms with Crippen molar-refractivity contribution in [2.75, 3.05) is 11.1 Å². The standard InChI is InChI=1S/C32H31N3OS/c1-21-11-12-22(2)28(17-21)34-30(36)20-37-31-27(19-33)26(18-29(35-31)24-9-7-6-8-10-24)23-13-15-25(16-14-23)32(3,4)5/h6-18H,20H2,1-5H3,(H,34,36). The van der Waals surface area contributed by atoms with Crippen LogP contribution in [-0.4, -0.2) is 16.6 Å². The molecule has 0 spiro atoms. The van der Waals surface area contributed by atoms with Gasteiger partial charge in [-0.25, -0.2) is 4.98 Å². The number of nitriles is 1. The summed E-state index contributed by atoms with van der Waals surface area (Å²) in [7, 11) is 0. The Morgan fingerprint density at radius 3 is 2.30 bits per heavy atom. The predicted molar refractivity (Wildman–Crippen MR) is 154 cm³/mol. The van der Waals surface area contributed by atoms with E-state index in [1.807, 2.05) is 68.4 Å². The van der Waals surface area contributed by atoms with E-state index in [-0.39, 0.29) is 17.1 Å². The monoisotopic (exact) mass is 505 g/mol. The van der Waals surface area contributed by atoms with Crippen LogP contribution in [0, 0.1) is 25.2 Å². The summed E-state index contributed by atoms with van der Waals surface area (Å²) in [6.07, 6.45) is 0. The van der Waals surface area contributed by atoms with Gasteiger partial charge >= 0.3 is 0 Å². The van der Waals surface area contributed by atoms with E-state index in [1.165, 1.54) is 17.3 Å². The predicted octanol–water partition coefficient (Wildman–Crippen LogP) is 7.93. The van der Waals surface area contributed by atoms with Crippen molar-refractivity contribution in [2.45, 2.75) is 45.1 Å². The molecule has 186 valence electrons. The molecular weight excluding hydrogens is 474 g/mol. The number of hydrogen-bond donors (Lipinski definition) is 1. The molecule has 0 aliphatic rings. The van der Waals surface area contributed by atoms with Gasteiger partial charge in [-0.2, -0.15) is 5.26 Å². The lowest BCUT2D eigenvalue weighted by atomic mass is 9.86. The minimum atomic E-state index is -0.134. The number of aryl methyl sites for hydroxylation is 2. The molecule has 1 aromatic heterocycles. The number of hydrogen-bond acceptors (Lipinski definition) is 4. The molecule has 5 heteroatoms. The molecule has 0 fully saturated rings. The summed E-state index contributed by atoms with van der Waals surface area (Å²) >= 11 is 1.29. The fourth-order valence-electron chi connectivity index (χ4n) is 4.06. The average molecular weight is 506 g/mol. The van der Waals surface area contributed by atoms with Crippen molar-refractivity contribution < 1.29 is 4.79 Å². The third kappa shape index (κ3) is 6.28. The summed E-state index contributed by atoms with van der Waals surface area (Å²) in [6.45, 7) is 10.5. The number of aromatic nitrogens is 1. The van der Waals surface area contributed by atoms with Crippen molar-refractivity contribution in [3.05, 3.63) is 101 Å². The Hall–Kier alpha value is -3.88. The topological polar surface area (TPSA) is 65.8 Å². The molecule has 0 unspecified atom stereocenters. The highest BCUT2D eigenvalue weighted by molar-refractivity contribution is 8.00. The summed E-state index contributed by atoms with van der Waals surface area (Å²) < 4.78 is 0. The maximum atomic E-state index is 12.8. The molecule has 4 aromatic rings. The number of nitrogens with one attached hydrogen (secondary N) is 1. The number of rotatable bonds is 6. The van der Waals surface area contributed by atoms with Crippen LogP contribution < -0.4 is 5.32 Å². The second-order valence-corrected chi connectivity index (χ2v) is 11.2. The van der Waals surface area contributed by atoms with Crippen molar-refractivity contribution >= 4 is 23.4 Å². The Bertz CT molecular complexity index is 1460. The number of amides is 1. The van der Waals surface area contributed by atoms with Crippen LogP contribution in [0.15, 0.2) is 83.9 Å². The van der Waals surface area contributed by atoms with E-state index in [1.54, 1.807) is 0 Å². The van der Waals surface area contributed by atoms with E-state index in [9.17, 15) is 10.1 Å². The third-order valence-corrected chi connectivity index (χ3v) is 7.21. The lowest BCUT2D eigenvalue weighted by molar-refractivity contribution is -0.113. The van der Waals surface area contributed by atoms with Gasteiger partial charge in [0.25, 0.3) is 0 Å². The molecule has 3 aromatic carbocycles. The van der Waals surface area contributed by atoms with Crippen LogP contribution in [0.4, 0.5) is 5.69 Å². The number of pyridine rings is 1. The van der Waals surface area contributed by atoms with Gasteiger partial charge in [0.1, 0.15) is 11.1 Å². The van der Waals surface area contributed by atoms with Crippen LogP contribution in [0.5, 0.6) is 0 Å². The molecule has 0 bridgehead atoms. The quantitative estimate of drug-likeness (QED) is 0.270. The van der Waals surface area contributed by atoms with E-state index in [2.05, 4.69) is 56.4 Å². The highest BCUT2D eigenvalue weighted by Gasteiger charge is 2.19. The zero-order valence-corrected chi connectivity index (χ0v) is 22.7. The van der Waals surface area contributed by atoms with E-state index in [4.69, 9.17) is 4.98 Å². The van der Waals surface area contributed by atoms with Crippen molar-refractivity contribution in [1.29, 1.82) is 5.26 Å². The second kappa shape index (κ2) is 11.0. The maximum Gasteiger partial charge on any atom is 0.234 e. The molecule has 0 atom stereocenters. The Balaban J connectivity index is 1.70. The molecule has 0 saturated carbocycles. The van der Waals surface area contributed by atoms with Crippen LogP contribution in [0.3, 0.4) is 0 Å². The minimum Gasteiger partial charge on any atom is -0.325 e. The van der Waals surface area contributed by atoms with Gasteiger partial charge in [-0.15, -0.1) is 0 Å². The highest BCUT2D eigenvalue weighted by Crippen LogP contribution is 2.35. The van der Waals surface area contributed by atoms with Crippen LogP contribution in [0.1, 0.15) is 43.0 Å². The summed E-state index contributed by atoms with van der Waals surface area (Å²) in [5.41, 5.74) is 8.13. The Labute approximate surface area is 223 Å². The van der Waals surface area contributed by atoms with Gasteiger partial charge in [-0.1, -0.05) is 99.3 Å². The van der Waals surface area contributed by atoms with Crippen molar-refractivity contribution in [2.24, 2.45) is 0 Å². The van der Waals surface area contributed by atoms with Gasteiger partial charge in [0.15, 0.2) is 0 Å². The average Bonchev–Trinajstić information content (AvgIpc) is 2.89. The molecule has 0 aliphatic heterocycles. The largest absolute Gasteiger partial charge is 0.325 e. The van der Waals surface area contributed by atoms with E-state index >= 15 is 0 Å². The first-order chi connectivity index (χ1) is 17.7. The van der Waals surface area contributed by atoms with Gasteiger partial charge in [0.2, 0.25) is 5.91 Å². The molecule has 0 saturated heterocycles. The number of carbonyl (C=O) groups is 1. The number of carbonyl (C=O) groups excluding carboxylic acids is 1. The van der Waals surface area contributed by atoms with Crippen LogP contribution in [0.2, 0.25) is 0 Å². The van der Waals surface area contributed by atoms with Gasteiger partial charge in [0, 0.05) is 16.8 Å². The Kier molecular flexibility index (Phi) is 7.80. The molecule has 0 aliphatic carbocycles. The van der Waals surface area contributed by atoms with Crippen LogP contribution in [0.25, 0.3) is 22.4 Å². The first-order valence-corrected chi connectivity index (χ1v) is 13.3. The van der Waals surface area contributed by atoms with Gasteiger partial charge in [-0.3, -0.25) is 4.79 Å². The molecule has 37 heavy (non-hydrogen) atoms. The van der Waals surface area contributed by atoms with Gasteiger partial charge in [-0.05, 0) is 53.6 Å².